The molecule has 0 N–H and O–H groups in total. The third kappa shape index (κ3) is 3.32. The maximum atomic E-state index is 4.82. The molecule has 0 fully saturated rings. The van der Waals surface area contributed by atoms with E-state index >= 15 is 0 Å². The van der Waals surface area contributed by atoms with Gasteiger partial charge in [0.2, 0.25) is 0 Å². The summed E-state index contributed by atoms with van der Waals surface area (Å²) >= 11 is 7.97. The lowest BCUT2D eigenvalue weighted by Crippen LogP contribution is -2.14. The average Bonchev–Trinajstić information content (AvgIpc) is 1.65. The van der Waals surface area contributed by atoms with Crippen molar-refractivity contribution in [3.8, 4) is 0 Å². The van der Waals surface area contributed by atoms with Crippen molar-refractivity contribution in [3.63, 3.8) is 0 Å². The molecule has 4 heteroatoms. The van der Waals surface area contributed by atoms with Crippen LogP contribution < -0.4 is 0 Å². The normalized spacial score (nSPS) is 8.43. The Balaban J connectivity index is 3.35. The first kappa shape index (κ1) is 7.72. The van der Waals surface area contributed by atoms with Gasteiger partial charge >= 0.3 is 0 Å². The Kier molecular flexibility index (Phi) is 4.07. The van der Waals surface area contributed by atoms with Crippen LogP contribution in [0.2, 0.25) is 0 Å². The molecule has 0 heterocycles. The molecule has 1 nitrogen and oxygen atoms in total. The van der Waals surface area contributed by atoms with Crippen LogP contribution in [0.25, 0.3) is 0 Å². The number of hydrogen-bond acceptors (Lipinski definition) is 2. The highest BCUT2D eigenvalue weighted by Crippen LogP contribution is 2.13. The fourth-order valence-corrected chi connectivity index (χ4v) is 1.08. The summed E-state index contributed by atoms with van der Waals surface area (Å²) in [6, 6.07) is 0. The Hall–Kier alpha value is 0.720. The molecule has 0 radical (unpaired) electrons. The summed E-state index contributed by atoms with van der Waals surface area (Å²) in [6.07, 6.45) is 0. The smallest absolute Gasteiger partial charge is 0.147 e. The lowest BCUT2D eigenvalue weighted by atomic mass is 11.0. The Morgan fingerprint density at radius 1 is 1.71 bits per heavy atom. The molecule has 0 unspecified atom stereocenters. The average molecular weight is 200 g/mol. The third-order valence-electron chi connectivity index (χ3n) is 0.431. The van der Waals surface area contributed by atoms with Crippen LogP contribution in [-0.2, 0) is 0 Å². The molecule has 0 aromatic carbocycles. The van der Waals surface area contributed by atoms with Gasteiger partial charge in [-0.2, -0.15) is 0 Å². The van der Waals surface area contributed by atoms with Gasteiger partial charge in [0, 0.05) is 14.1 Å². The van der Waals surface area contributed by atoms with E-state index in [1.165, 1.54) is 10.2 Å². The second-order valence-corrected chi connectivity index (χ2v) is 3.39. The SMILES string of the molecule is CN(C)C(=S)SBr. The van der Waals surface area contributed by atoms with E-state index in [0.717, 1.165) is 4.32 Å². The molecule has 0 spiro atoms. The second-order valence-electron chi connectivity index (χ2n) is 1.24. The molecule has 0 bridgehead atoms. The fraction of sp³-hybridized carbons (Fsp3) is 0.667. The van der Waals surface area contributed by atoms with Gasteiger partial charge in [0.1, 0.15) is 4.32 Å². The highest BCUT2D eigenvalue weighted by Gasteiger charge is 1.92. The minimum absolute atomic E-state index is 0.847. The summed E-state index contributed by atoms with van der Waals surface area (Å²) in [7, 11) is 5.23. The lowest BCUT2D eigenvalue weighted by molar-refractivity contribution is 0.648. The van der Waals surface area contributed by atoms with Crippen molar-refractivity contribution in [2.45, 2.75) is 0 Å². The van der Waals surface area contributed by atoms with Crippen molar-refractivity contribution in [2.75, 3.05) is 14.1 Å². The zero-order chi connectivity index (χ0) is 5.86. The molecular formula is C3H6BrNS2. The van der Waals surface area contributed by atoms with Crippen molar-refractivity contribution in [1.29, 1.82) is 0 Å². The van der Waals surface area contributed by atoms with Gasteiger partial charge in [0.05, 0.1) is 0 Å². The van der Waals surface area contributed by atoms with Gasteiger partial charge in [-0.3, -0.25) is 0 Å². The Bertz CT molecular complexity index is 73.3. The second kappa shape index (κ2) is 3.69. The molecule has 0 atom stereocenters. The number of halogens is 1. The van der Waals surface area contributed by atoms with Crippen LogP contribution in [0.5, 0.6) is 0 Å². The molecule has 0 aromatic rings. The zero-order valence-electron chi connectivity index (χ0n) is 4.14. The molecule has 42 valence electrons. The van der Waals surface area contributed by atoms with Crippen LogP contribution in [0.15, 0.2) is 0 Å². The molecular weight excluding hydrogens is 194 g/mol. The van der Waals surface area contributed by atoms with E-state index in [4.69, 9.17) is 12.2 Å². The maximum Gasteiger partial charge on any atom is 0.147 e. The molecule has 0 aromatic heterocycles. The van der Waals surface area contributed by atoms with Gasteiger partial charge in [-0.1, -0.05) is 12.2 Å². The minimum atomic E-state index is 0.847. The Morgan fingerprint density at radius 3 is 2.14 bits per heavy atom. The first-order valence-corrected chi connectivity index (χ1v) is 4.75. The minimum Gasteiger partial charge on any atom is -0.363 e. The number of hydrogen-bond donors (Lipinski definition) is 0. The van der Waals surface area contributed by atoms with E-state index in [9.17, 15) is 0 Å². The summed E-state index contributed by atoms with van der Waals surface area (Å²) in [6.45, 7) is 0. The summed E-state index contributed by atoms with van der Waals surface area (Å²) in [5, 5.41) is 0. The van der Waals surface area contributed by atoms with Crippen LogP contribution in [0.1, 0.15) is 0 Å². The van der Waals surface area contributed by atoms with Gasteiger partial charge < -0.3 is 4.90 Å². The van der Waals surface area contributed by atoms with E-state index in [1.54, 1.807) is 0 Å². The predicted octanol–water partition coefficient (Wildman–Crippen LogP) is 1.88. The van der Waals surface area contributed by atoms with E-state index < -0.39 is 0 Å². The Labute approximate surface area is 60.7 Å². The van der Waals surface area contributed by atoms with Crippen molar-refractivity contribution < 1.29 is 0 Å². The standard InChI is InChI=1S/C3H6BrNS2/c1-5(2)3(6)7-4/h1-2H3. The molecule has 7 heavy (non-hydrogen) atoms. The molecule has 0 aliphatic heterocycles. The molecule has 0 aliphatic rings. The van der Waals surface area contributed by atoms with Crippen LogP contribution >= 0.6 is 37.2 Å². The van der Waals surface area contributed by atoms with Crippen molar-refractivity contribution >= 4 is 41.5 Å². The van der Waals surface area contributed by atoms with E-state index in [-0.39, 0.29) is 0 Å². The monoisotopic (exact) mass is 199 g/mol. The van der Waals surface area contributed by atoms with Gasteiger partial charge in [0.25, 0.3) is 0 Å². The number of rotatable bonds is 0. The van der Waals surface area contributed by atoms with Crippen molar-refractivity contribution in [1.82, 2.24) is 4.90 Å². The van der Waals surface area contributed by atoms with E-state index in [1.807, 2.05) is 19.0 Å². The van der Waals surface area contributed by atoms with Gasteiger partial charge in [-0.25, -0.2) is 0 Å². The summed E-state index contributed by atoms with van der Waals surface area (Å²) in [4.78, 5) is 1.87. The van der Waals surface area contributed by atoms with Crippen LogP contribution in [-0.4, -0.2) is 23.3 Å². The first-order valence-electron chi connectivity index (χ1n) is 1.68. The molecule has 0 aliphatic carbocycles. The number of nitrogens with zero attached hydrogens (tertiary/aromatic N) is 1. The molecule has 0 rings (SSSR count). The molecule has 0 saturated heterocycles. The highest BCUT2D eigenvalue weighted by molar-refractivity contribution is 9.52. The van der Waals surface area contributed by atoms with Crippen molar-refractivity contribution in [3.05, 3.63) is 0 Å². The number of thiocarbonyl (C=S) groups is 1. The first-order chi connectivity index (χ1) is 3.18. The van der Waals surface area contributed by atoms with E-state index in [2.05, 4.69) is 14.8 Å². The van der Waals surface area contributed by atoms with Gasteiger partial charge in [-0.05, 0) is 25.0 Å². The quantitative estimate of drug-likeness (QED) is 0.549. The van der Waals surface area contributed by atoms with E-state index in [0.29, 0.717) is 0 Å². The third-order valence-corrected chi connectivity index (χ3v) is 3.11. The van der Waals surface area contributed by atoms with Gasteiger partial charge in [-0.15, -0.1) is 0 Å². The van der Waals surface area contributed by atoms with Crippen LogP contribution in [0.4, 0.5) is 0 Å². The molecule has 0 amide bonds. The van der Waals surface area contributed by atoms with Gasteiger partial charge in [0.15, 0.2) is 0 Å². The maximum absolute atomic E-state index is 4.82. The Morgan fingerprint density at radius 2 is 2.14 bits per heavy atom. The van der Waals surface area contributed by atoms with Crippen molar-refractivity contribution in [2.24, 2.45) is 0 Å². The molecule has 0 saturated carbocycles. The summed E-state index contributed by atoms with van der Waals surface area (Å²) in [5.74, 6) is 0. The highest BCUT2D eigenvalue weighted by atomic mass is 79.9. The largest absolute Gasteiger partial charge is 0.363 e. The lowest BCUT2D eigenvalue weighted by Gasteiger charge is -2.07. The predicted molar refractivity (Wildman–Crippen MR) is 42.8 cm³/mol. The van der Waals surface area contributed by atoms with Crippen LogP contribution in [0, 0.1) is 0 Å². The van der Waals surface area contributed by atoms with Crippen LogP contribution in [0.3, 0.4) is 0 Å². The summed E-state index contributed by atoms with van der Waals surface area (Å²) in [5.41, 5.74) is 0. The fourth-order valence-electron chi connectivity index (χ4n) is 0.0690. The topological polar surface area (TPSA) is 3.24 Å². The summed E-state index contributed by atoms with van der Waals surface area (Å²) < 4.78 is 0.847. The zero-order valence-corrected chi connectivity index (χ0v) is 7.36.